The minimum absolute atomic E-state index is 0.0297. The van der Waals surface area contributed by atoms with Crippen LogP contribution in [0.1, 0.15) is 96.2 Å². The van der Waals surface area contributed by atoms with Gasteiger partial charge < -0.3 is 20.3 Å². The SMILES string of the molecule is CN(Cc1cccc(COC(C)(C)C)n1)C(=O)N[C@H](C(=O)N[C@H](CCN(CC1CCCC1)S(=O)(=O)c1ccc(CN=O)cc1)Cc1ccccc1)C(C)(C)C. The first-order valence-corrected chi connectivity index (χ1v) is 20.7. The average Bonchev–Trinajstić information content (AvgIpc) is 3.65. The van der Waals surface area contributed by atoms with Gasteiger partial charge in [-0.3, -0.25) is 9.78 Å². The first-order valence-electron chi connectivity index (χ1n) is 19.3. The quantitative estimate of drug-likeness (QED) is 0.130. The van der Waals surface area contributed by atoms with E-state index < -0.39 is 33.6 Å². The highest BCUT2D eigenvalue weighted by Crippen LogP contribution is 2.29. The minimum Gasteiger partial charge on any atom is -0.370 e. The second kappa shape index (κ2) is 19.6. The Morgan fingerprint density at radius 3 is 2.16 bits per heavy atom. The molecule has 0 saturated heterocycles. The lowest BCUT2D eigenvalue weighted by Crippen LogP contribution is -2.57. The monoisotopic (exact) mass is 776 g/mol. The highest BCUT2D eigenvalue weighted by molar-refractivity contribution is 7.89. The number of carbonyl (C=O) groups is 2. The summed E-state index contributed by atoms with van der Waals surface area (Å²) in [7, 11) is -2.22. The summed E-state index contributed by atoms with van der Waals surface area (Å²) in [4.78, 5) is 44.9. The van der Waals surface area contributed by atoms with Crippen LogP contribution in [0.3, 0.4) is 0 Å². The van der Waals surface area contributed by atoms with Gasteiger partial charge in [0.1, 0.15) is 12.6 Å². The van der Waals surface area contributed by atoms with Crippen LogP contribution < -0.4 is 10.6 Å². The number of aromatic nitrogens is 1. The summed E-state index contributed by atoms with van der Waals surface area (Å²) < 4.78 is 35.7. The summed E-state index contributed by atoms with van der Waals surface area (Å²) >= 11 is 0. The zero-order chi connectivity index (χ0) is 40.2. The van der Waals surface area contributed by atoms with Crippen LogP contribution in [0, 0.1) is 16.2 Å². The van der Waals surface area contributed by atoms with Gasteiger partial charge in [-0.1, -0.05) is 87.3 Å². The second-order valence-electron chi connectivity index (χ2n) is 16.8. The van der Waals surface area contributed by atoms with Gasteiger partial charge in [-0.2, -0.15) is 9.21 Å². The van der Waals surface area contributed by atoms with Gasteiger partial charge in [-0.05, 0) is 93.2 Å². The summed E-state index contributed by atoms with van der Waals surface area (Å²) in [6.07, 6.45) is 4.91. The van der Waals surface area contributed by atoms with Crippen molar-refractivity contribution < 1.29 is 22.7 Å². The number of pyridine rings is 1. The summed E-state index contributed by atoms with van der Waals surface area (Å²) in [5, 5.41) is 9.08. The molecule has 0 spiro atoms. The van der Waals surface area contributed by atoms with Crippen LogP contribution in [0.2, 0.25) is 0 Å². The van der Waals surface area contributed by atoms with Crippen LogP contribution in [0.15, 0.2) is 82.9 Å². The molecule has 0 bridgehead atoms. The third-order valence-electron chi connectivity index (χ3n) is 9.80. The van der Waals surface area contributed by atoms with Crippen molar-refractivity contribution in [2.45, 2.75) is 122 Å². The second-order valence-corrected chi connectivity index (χ2v) is 18.7. The Labute approximate surface area is 327 Å². The molecule has 55 heavy (non-hydrogen) atoms. The number of hydrogen-bond acceptors (Lipinski definition) is 8. The molecule has 2 atom stereocenters. The Morgan fingerprint density at radius 2 is 1.55 bits per heavy atom. The number of nitrogens with one attached hydrogen (secondary N) is 2. The van der Waals surface area contributed by atoms with Crippen LogP contribution in [-0.2, 0) is 45.7 Å². The number of amides is 3. The van der Waals surface area contributed by atoms with E-state index in [2.05, 4.69) is 20.8 Å². The normalized spacial score (nSPS) is 15.1. The molecular weight excluding hydrogens is 717 g/mol. The number of urea groups is 1. The number of ether oxygens (including phenoxy) is 1. The standard InChI is InChI=1S/C42H60N6O6S/c1-41(2,3)38(46-40(50)47(7)29-35-18-13-19-36(44-35)30-54-42(4,5)6)39(49)45-34(26-31-14-9-8-10-15-31)24-25-48(28-33-16-11-12-17-33)55(52,53)37-22-20-32(21-23-37)27-43-51/h8-10,13-15,18-23,33-34,38H,11-12,16-17,24-30H2,1-7H3,(H,45,49)(H,46,50)/t34-,38-/m1/s1. The molecule has 2 N–H and O–H groups in total. The largest absolute Gasteiger partial charge is 0.370 e. The highest BCUT2D eigenvalue weighted by atomic mass is 32.2. The number of rotatable bonds is 18. The van der Waals surface area contributed by atoms with Crippen molar-refractivity contribution in [3.63, 3.8) is 0 Å². The summed E-state index contributed by atoms with van der Waals surface area (Å²) in [6.45, 7) is 12.8. The van der Waals surface area contributed by atoms with Gasteiger partial charge in [-0.15, -0.1) is 0 Å². The van der Waals surface area contributed by atoms with Crippen LogP contribution in [0.4, 0.5) is 4.79 Å². The van der Waals surface area contributed by atoms with Gasteiger partial charge in [0.2, 0.25) is 15.9 Å². The van der Waals surface area contributed by atoms with E-state index in [4.69, 9.17) is 4.74 Å². The molecule has 3 aromatic rings. The number of carbonyl (C=O) groups excluding carboxylic acids is 2. The van der Waals surface area contributed by atoms with Crippen molar-refractivity contribution >= 4 is 22.0 Å². The van der Waals surface area contributed by atoms with Gasteiger partial charge >= 0.3 is 6.03 Å². The maximum Gasteiger partial charge on any atom is 0.318 e. The van der Waals surface area contributed by atoms with Gasteiger partial charge in [-0.25, -0.2) is 13.2 Å². The first-order chi connectivity index (χ1) is 25.9. The van der Waals surface area contributed by atoms with Crippen molar-refractivity contribution in [3.05, 3.63) is 100 Å². The Bertz CT molecular complexity index is 1800. The zero-order valence-corrected chi connectivity index (χ0v) is 34.4. The molecule has 1 fully saturated rings. The Kier molecular flexibility index (Phi) is 15.5. The van der Waals surface area contributed by atoms with E-state index in [-0.39, 0.29) is 42.0 Å². The van der Waals surface area contributed by atoms with Gasteiger partial charge in [0.05, 0.1) is 35.0 Å². The van der Waals surface area contributed by atoms with Crippen molar-refractivity contribution in [2.75, 3.05) is 20.1 Å². The zero-order valence-electron chi connectivity index (χ0n) is 33.6. The molecule has 2 aromatic carbocycles. The predicted molar refractivity (Wildman–Crippen MR) is 215 cm³/mol. The van der Waals surface area contributed by atoms with E-state index >= 15 is 0 Å². The molecule has 1 aliphatic carbocycles. The highest BCUT2D eigenvalue weighted by Gasteiger charge is 2.35. The molecule has 300 valence electrons. The van der Waals surface area contributed by atoms with Crippen LogP contribution in [0.5, 0.6) is 0 Å². The van der Waals surface area contributed by atoms with E-state index in [9.17, 15) is 22.9 Å². The Morgan fingerprint density at radius 1 is 0.891 bits per heavy atom. The van der Waals surface area contributed by atoms with Crippen molar-refractivity contribution in [1.82, 2.24) is 24.8 Å². The predicted octanol–water partition coefficient (Wildman–Crippen LogP) is 7.22. The molecule has 3 amide bonds. The molecule has 4 rings (SSSR count). The van der Waals surface area contributed by atoms with Crippen molar-refractivity contribution in [1.29, 1.82) is 0 Å². The van der Waals surface area contributed by atoms with Crippen LogP contribution in [0.25, 0.3) is 0 Å². The number of nitrogens with zero attached hydrogens (tertiary/aromatic N) is 4. The van der Waals surface area contributed by atoms with Crippen molar-refractivity contribution in [3.8, 4) is 0 Å². The third-order valence-corrected chi connectivity index (χ3v) is 11.7. The molecule has 12 nitrogen and oxygen atoms in total. The smallest absolute Gasteiger partial charge is 0.318 e. The van der Waals surface area contributed by atoms with Crippen LogP contribution >= 0.6 is 0 Å². The topological polar surface area (TPSA) is 150 Å². The lowest BCUT2D eigenvalue weighted by atomic mass is 9.85. The fourth-order valence-corrected chi connectivity index (χ4v) is 8.23. The van der Waals surface area contributed by atoms with E-state index in [0.29, 0.717) is 37.3 Å². The fourth-order valence-electron chi connectivity index (χ4n) is 6.70. The maximum atomic E-state index is 14.2. The number of nitroso groups, excluding NO2 is 1. The molecule has 1 heterocycles. The lowest BCUT2D eigenvalue weighted by Gasteiger charge is -2.34. The molecule has 0 radical (unpaired) electrons. The average molecular weight is 777 g/mol. The third kappa shape index (κ3) is 13.8. The summed E-state index contributed by atoms with van der Waals surface area (Å²) in [6, 6.07) is 19.9. The number of hydrogen-bond donors (Lipinski definition) is 2. The molecular formula is C42H60N6O6S. The minimum atomic E-state index is -3.88. The molecule has 0 aliphatic heterocycles. The Balaban J connectivity index is 1.51. The van der Waals surface area contributed by atoms with Gasteiger partial charge in [0, 0.05) is 26.2 Å². The summed E-state index contributed by atoms with van der Waals surface area (Å²) in [5.41, 5.74) is 2.13. The molecule has 0 unspecified atom stereocenters. The van der Waals surface area contributed by atoms with E-state index in [1.165, 1.54) is 17.0 Å². The van der Waals surface area contributed by atoms with Crippen LogP contribution in [-0.4, -0.2) is 72.4 Å². The van der Waals surface area contributed by atoms with E-state index in [1.54, 1.807) is 23.5 Å². The number of benzene rings is 2. The first kappa shape index (κ1) is 43.5. The fraction of sp³-hybridized carbons (Fsp3) is 0.548. The Hall–Kier alpha value is -4.20. The molecule has 1 saturated carbocycles. The molecule has 1 aliphatic rings. The van der Waals surface area contributed by atoms with E-state index in [0.717, 1.165) is 36.9 Å². The molecule has 13 heteroatoms. The van der Waals surface area contributed by atoms with Crippen molar-refractivity contribution in [2.24, 2.45) is 16.5 Å². The molecule has 1 aromatic heterocycles. The lowest BCUT2D eigenvalue weighted by molar-refractivity contribution is -0.126. The maximum absolute atomic E-state index is 14.2. The van der Waals surface area contributed by atoms with Gasteiger partial charge in [0.25, 0.3) is 0 Å². The van der Waals surface area contributed by atoms with Gasteiger partial charge in [0.15, 0.2) is 0 Å². The summed E-state index contributed by atoms with van der Waals surface area (Å²) in [5.74, 6) is -0.0957. The van der Waals surface area contributed by atoms with E-state index in [1.807, 2.05) is 90.1 Å². The number of sulfonamides is 1.